The fourth-order valence-electron chi connectivity index (χ4n) is 6.08. The van der Waals surface area contributed by atoms with E-state index in [0.29, 0.717) is 32.4 Å². The van der Waals surface area contributed by atoms with Gasteiger partial charge >= 0.3 is 5.97 Å². The summed E-state index contributed by atoms with van der Waals surface area (Å²) in [6, 6.07) is -0.606. The lowest BCUT2D eigenvalue weighted by Crippen LogP contribution is -2.48. The van der Waals surface area contributed by atoms with Crippen molar-refractivity contribution in [1.29, 1.82) is 0 Å². The number of carbonyl (C=O) groups excluding carboxylic acids is 3. The van der Waals surface area contributed by atoms with Crippen LogP contribution < -0.4 is 10.6 Å². The van der Waals surface area contributed by atoms with E-state index < -0.39 is 6.04 Å². The number of hydrogen-bond donors (Lipinski definition) is 2. The Morgan fingerprint density at radius 2 is 1.05 bits per heavy atom. The molecule has 0 bridgehead atoms. The van der Waals surface area contributed by atoms with E-state index in [0.717, 1.165) is 44.9 Å². The summed E-state index contributed by atoms with van der Waals surface area (Å²) in [7, 11) is 0. The van der Waals surface area contributed by atoms with Gasteiger partial charge < -0.3 is 19.9 Å². The van der Waals surface area contributed by atoms with Crippen LogP contribution in [0.3, 0.4) is 0 Å². The zero-order valence-corrected chi connectivity index (χ0v) is 30.0. The van der Waals surface area contributed by atoms with Gasteiger partial charge in [-0.25, -0.2) is 4.79 Å². The first-order valence-electron chi connectivity index (χ1n) is 19.0. The summed E-state index contributed by atoms with van der Waals surface area (Å²) in [5.41, 5.74) is 0. The van der Waals surface area contributed by atoms with Gasteiger partial charge in [-0.1, -0.05) is 90.4 Å². The molecule has 2 amide bonds. The number of nitrogens with one attached hydrogen (secondary N) is 2. The van der Waals surface area contributed by atoms with Crippen LogP contribution in [0.2, 0.25) is 0 Å². The van der Waals surface area contributed by atoms with Gasteiger partial charge in [0.25, 0.3) is 0 Å². The third-order valence-electron chi connectivity index (χ3n) is 9.45. The molecule has 0 spiro atoms. The number of quaternary nitrogens is 1. The van der Waals surface area contributed by atoms with Crippen LogP contribution in [-0.4, -0.2) is 67.6 Å². The molecule has 1 atom stereocenters. The van der Waals surface area contributed by atoms with E-state index in [1.54, 1.807) is 6.92 Å². The second kappa shape index (κ2) is 30.0. The number of rotatable bonds is 32. The van der Waals surface area contributed by atoms with E-state index in [4.69, 9.17) is 4.74 Å². The Labute approximate surface area is 273 Å². The highest BCUT2D eigenvalue weighted by molar-refractivity contribution is 5.84. The molecule has 0 aliphatic rings. The molecule has 0 rings (SSSR count). The van der Waals surface area contributed by atoms with E-state index >= 15 is 0 Å². The normalized spacial score (nSPS) is 12.2. The molecular formula is C37H74N3O4+. The van der Waals surface area contributed by atoms with E-state index in [-0.39, 0.29) is 17.8 Å². The molecule has 0 radical (unpaired) electrons. The second-order valence-corrected chi connectivity index (χ2v) is 12.9. The number of esters is 1. The maximum Gasteiger partial charge on any atom is 0.328 e. The first-order valence-corrected chi connectivity index (χ1v) is 19.0. The summed E-state index contributed by atoms with van der Waals surface area (Å²) in [5.74, 6) is -0.311. The van der Waals surface area contributed by atoms with Crippen molar-refractivity contribution >= 4 is 17.8 Å². The van der Waals surface area contributed by atoms with Gasteiger partial charge in [0.15, 0.2) is 0 Å². The van der Waals surface area contributed by atoms with Crippen molar-refractivity contribution in [1.82, 2.24) is 10.6 Å². The van der Waals surface area contributed by atoms with Gasteiger partial charge in [0.1, 0.15) is 6.04 Å². The van der Waals surface area contributed by atoms with Crippen LogP contribution in [0, 0.1) is 0 Å². The maximum atomic E-state index is 12.6. The summed E-state index contributed by atoms with van der Waals surface area (Å²) in [6.45, 7) is 16.9. The number of amides is 2. The molecule has 260 valence electrons. The molecular weight excluding hydrogens is 550 g/mol. The Balaban J connectivity index is 3.96. The van der Waals surface area contributed by atoms with Crippen molar-refractivity contribution in [2.75, 3.05) is 39.3 Å². The van der Waals surface area contributed by atoms with Crippen molar-refractivity contribution in [3.8, 4) is 0 Å². The Morgan fingerprint density at radius 3 is 1.55 bits per heavy atom. The minimum Gasteiger partial charge on any atom is -0.464 e. The van der Waals surface area contributed by atoms with Crippen LogP contribution in [-0.2, 0) is 19.1 Å². The fourth-order valence-corrected chi connectivity index (χ4v) is 6.08. The quantitative estimate of drug-likeness (QED) is 0.0446. The van der Waals surface area contributed by atoms with E-state index in [2.05, 4.69) is 38.3 Å². The van der Waals surface area contributed by atoms with Crippen molar-refractivity contribution in [2.45, 2.75) is 182 Å². The molecule has 1 unspecified atom stereocenters. The van der Waals surface area contributed by atoms with Gasteiger partial charge in [0.2, 0.25) is 11.8 Å². The molecule has 0 aromatic rings. The van der Waals surface area contributed by atoms with Gasteiger partial charge in [0.05, 0.1) is 32.8 Å². The number of ether oxygens (including phenoxy) is 1. The molecule has 44 heavy (non-hydrogen) atoms. The summed E-state index contributed by atoms with van der Waals surface area (Å²) in [5, 5.41) is 5.91. The Hall–Kier alpha value is -1.63. The highest BCUT2D eigenvalue weighted by Gasteiger charge is 2.21. The minimum absolute atomic E-state index is 0.0679. The van der Waals surface area contributed by atoms with E-state index in [1.165, 1.54) is 108 Å². The average molecular weight is 625 g/mol. The van der Waals surface area contributed by atoms with Crippen LogP contribution in [0.15, 0.2) is 0 Å². The molecule has 0 fully saturated rings. The molecule has 0 aromatic carbocycles. The molecule has 7 heteroatoms. The van der Waals surface area contributed by atoms with Gasteiger partial charge in [-0.2, -0.15) is 0 Å². The van der Waals surface area contributed by atoms with E-state index in [9.17, 15) is 14.4 Å². The third-order valence-corrected chi connectivity index (χ3v) is 9.45. The fraction of sp³-hybridized carbons (Fsp3) is 0.919. The van der Waals surface area contributed by atoms with Crippen molar-refractivity contribution in [2.24, 2.45) is 0 Å². The number of nitrogens with zero attached hydrogens (tertiary/aromatic N) is 1. The highest BCUT2D eigenvalue weighted by atomic mass is 16.5. The monoisotopic (exact) mass is 625 g/mol. The summed E-state index contributed by atoms with van der Waals surface area (Å²) < 4.78 is 6.45. The van der Waals surface area contributed by atoms with Crippen molar-refractivity contribution in [3.05, 3.63) is 0 Å². The SMILES string of the molecule is CCCCCCCCCCCC(=O)NCCCCC(NC(=O)CCCCCCCCCC[N+](CC)(CC)CC)C(=O)OCC. The molecule has 2 N–H and O–H groups in total. The minimum atomic E-state index is -0.606. The summed E-state index contributed by atoms with van der Waals surface area (Å²) >= 11 is 0. The van der Waals surface area contributed by atoms with E-state index in [1.807, 2.05) is 0 Å². The first-order chi connectivity index (χ1) is 21.4. The predicted octanol–water partition coefficient (Wildman–Crippen LogP) is 8.63. The standard InChI is InChI=1S/C37H73N3O4/c1-6-11-12-13-14-15-18-21-24-30-35(41)38-32-27-26-29-34(37(43)44-10-5)39-36(42)31-25-22-19-16-17-20-23-28-33-40(7-2,8-3)9-4/h34H,6-33H2,1-5H3,(H-,38,39,41,42)/p+1. The Kier molecular flexibility index (Phi) is 28.9. The molecule has 0 aliphatic heterocycles. The van der Waals surface area contributed by atoms with Crippen LogP contribution in [0.1, 0.15) is 176 Å². The summed E-state index contributed by atoms with van der Waals surface area (Å²) in [4.78, 5) is 37.1. The van der Waals surface area contributed by atoms with Gasteiger partial charge in [-0.15, -0.1) is 0 Å². The molecule has 0 saturated heterocycles. The lowest BCUT2D eigenvalue weighted by Gasteiger charge is -2.35. The number of unbranched alkanes of at least 4 members (excludes halogenated alkanes) is 16. The van der Waals surface area contributed by atoms with Crippen LogP contribution >= 0.6 is 0 Å². The predicted molar refractivity (Wildman–Crippen MR) is 186 cm³/mol. The average Bonchev–Trinajstić information content (AvgIpc) is 3.02. The Morgan fingerprint density at radius 1 is 0.568 bits per heavy atom. The lowest BCUT2D eigenvalue weighted by atomic mass is 10.1. The van der Waals surface area contributed by atoms with Crippen LogP contribution in [0.25, 0.3) is 0 Å². The number of carbonyl (C=O) groups is 3. The second-order valence-electron chi connectivity index (χ2n) is 12.9. The zero-order chi connectivity index (χ0) is 32.7. The van der Waals surface area contributed by atoms with Crippen LogP contribution in [0.4, 0.5) is 0 Å². The van der Waals surface area contributed by atoms with Gasteiger partial charge in [-0.3, -0.25) is 9.59 Å². The Bertz CT molecular complexity index is 688. The van der Waals surface area contributed by atoms with Crippen molar-refractivity contribution in [3.63, 3.8) is 0 Å². The highest BCUT2D eigenvalue weighted by Crippen LogP contribution is 2.14. The smallest absolute Gasteiger partial charge is 0.328 e. The third kappa shape index (κ3) is 23.7. The van der Waals surface area contributed by atoms with Gasteiger partial charge in [-0.05, 0) is 72.6 Å². The van der Waals surface area contributed by atoms with Crippen LogP contribution in [0.5, 0.6) is 0 Å². The molecule has 0 aliphatic carbocycles. The largest absolute Gasteiger partial charge is 0.464 e. The number of hydrogen-bond acceptors (Lipinski definition) is 4. The molecule has 7 nitrogen and oxygen atoms in total. The molecule has 0 saturated carbocycles. The topological polar surface area (TPSA) is 84.5 Å². The zero-order valence-electron chi connectivity index (χ0n) is 30.0. The molecule has 0 aromatic heterocycles. The maximum absolute atomic E-state index is 12.6. The lowest BCUT2D eigenvalue weighted by molar-refractivity contribution is -0.923. The van der Waals surface area contributed by atoms with Gasteiger partial charge in [0, 0.05) is 19.4 Å². The molecule has 0 heterocycles. The van der Waals surface area contributed by atoms with Crippen molar-refractivity contribution < 1.29 is 23.6 Å². The first kappa shape index (κ1) is 42.4. The summed E-state index contributed by atoms with van der Waals surface area (Å²) in [6.07, 6.45) is 23.9.